The molecule has 6 atom stereocenters. The molecule has 4 rings (SSSR count). The largest absolute Gasteiger partial charge is 0.488 e. The van der Waals surface area contributed by atoms with Gasteiger partial charge >= 0.3 is 0 Å². The predicted octanol–water partition coefficient (Wildman–Crippen LogP) is 2.89. The summed E-state index contributed by atoms with van der Waals surface area (Å²) in [6, 6.07) is 10.3. The van der Waals surface area contributed by atoms with Crippen LogP contribution in [0.4, 0.5) is 0 Å². The molecule has 32 heavy (non-hydrogen) atoms. The van der Waals surface area contributed by atoms with Crippen LogP contribution in [0.1, 0.15) is 60.6 Å². The van der Waals surface area contributed by atoms with E-state index in [4.69, 9.17) is 21.1 Å². The van der Waals surface area contributed by atoms with E-state index in [1.54, 1.807) is 0 Å². The topological polar surface area (TPSA) is 99.4 Å². The highest BCUT2D eigenvalue weighted by molar-refractivity contribution is 6.33. The fourth-order valence-corrected chi connectivity index (χ4v) is 4.87. The Kier molecular flexibility index (Phi) is 6.82. The lowest BCUT2D eigenvalue weighted by atomic mass is 9.86. The van der Waals surface area contributed by atoms with Gasteiger partial charge in [0.25, 0.3) is 0 Å². The van der Waals surface area contributed by atoms with Crippen molar-refractivity contribution in [1.82, 2.24) is 0 Å². The molecule has 0 aliphatic carbocycles. The van der Waals surface area contributed by atoms with Crippen molar-refractivity contribution in [2.24, 2.45) is 0 Å². The van der Waals surface area contributed by atoms with Gasteiger partial charge in [-0.1, -0.05) is 55.8 Å². The number of halogens is 1. The highest BCUT2D eigenvalue weighted by Crippen LogP contribution is 2.46. The van der Waals surface area contributed by atoms with Crippen LogP contribution in [0, 0.1) is 0 Å². The number of fused-ring (bicyclic) bond motifs is 1. The molecule has 4 N–H and O–H groups in total. The molecule has 0 radical (unpaired) electrons. The van der Waals surface area contributed by atoms with Crippen LogP contribution in [0.2, 0.25) is 5.02 Å². The second-order valence-corrected chi connectivity index (χ2v) is 9.58. The molecule has 0 aromatic heterocycles. The summed E-state index contributed by atoms with van der Waals surface area (Å²) in [5.74, 6) is 1.02. The van der Waals surface area contributed by atoms with E-state index in [2.05, 4.69) is 38.1 Å². The summed E-state index contributed by atoms with van der Waals surface area (Å²) in [5.41, 5.74) is 4.66. The van der Waals surface area contributed by atoms with Gasteiger partial charge in [-0.15, -0.1) is 0 Å². The third kappa shape index (κ3) is 4.28. The molecule has 2 aromatic carbocycles. The zero-order chi connectivity index (χ0) is 23.2. The standard InChI is InChI=1S/C25H31ClO6/c1-12(2)15-6-4-14(5-7-15)9-16-10-18(17-8-13(3)31-24(17)20(16)26)25-23(30)22(29)21(28)19(11-27)32-25/h4-7,10,12-13,19,21-23,25,27-30H,8-9,11H2,1-3H3/t13?,19-,21-,22+,23-,25+/m1/s1. The molecule has 1 fully saturated rings. The van der Waals surface area contributed by atoms with Gasteiger partial charge in [-0.05, 0) is 41.5 Å². The van der Waals surface area contributed by atoms with Gasteiger partial charge in [0.15, 0.2) is 0 Å². The fraction of sp³-hybridized carbons (Fsp3) is 0.520. The smallest absolute Gasteiger partial charge is 0.142 e. The van der Waals surface area contributed by atoms with Crippen molar-refractivity contribution in [3.05, 3.63) is 63.2 Å². The summed E-state index contributed by atoms with van der Waals surface area (Å²) in [7, 11) is 0. The van der Waals surface area contributed by atoms with E-state index in [1.807, 2.05) is 13.0 Å². The zero-order valence-corrected chi connectivity index (χ0v) is 19.3. The Morgan fingerprint density at radius 2 is 1.75 bits per heavy atom. The number of rotatable bonds is 5. The third-order valence-corrected chi connectivity index (χ3v) is 6.90. The Labute approximate surface area is 193 Å². The lowest BCUT2D eigenvalue weighted by Crippen LogP contribution is -2.55. The molecular formula is C25H31ClO6. The van der Waals surface area contributed by atoms with Crippen LogP contribution in [0.15, 0.2) is 30.3 Å². The number of hydrogen-bond acceptors (Lipinski definition) is 6. The maximum atomic E-state index is 10.7. The van der Waals surface area contributed by atoms with E-state index in [0.717, 1.165) is 16.7 Å². The number of hydrogen-bond donors (Lipinski definition) is 4. The number of aliphatic hydroxyl groups is 4. The minimum Gasteiger partial charge on any atom is -0.488 e. The van der Waals surface area contributed by atoms with Gasteiger partial charge in [-0.3, -0.25) is 0 Å². The lowest BCUT2D eigenvalue weighted by Gasteiger charge is -2.40. The summed E-state index contributed by atoms with van der Waals surface area (Å²) in [5, 5.41) is 41.3. The SMILES string of the molecule is CC1Cc2c([C@@H]3O[C@H](CO)[C@@H](O)[C@H](O)[C@H]3O)cc(Cc3ccc(C(C)C)cc3)c(Cl)c2O1. The third-order valence-electron chi connectivity index (χ3n) is 6.48. The number of benzene rings is 2. The van der Waals surface area contributed by atoms with E-state index in [9.17, 15) is 20.4 Å². The minimum atomic E-state index is -1.44. The molecule has 2 aliphatic heterocycles. The van der Waals surface area contributed by atoms with Crippen molar-refractivity contribution < 1.29 is 29.9 Å². The van der Waals surface area contributed by atoms with Crippen LogP contribution in [-0.4, -0.2) is 57.6 Å². The molecule has 2 aromatic rings. The van der Waals surface area contributed by atoms with Crippen molar-refractivity contribution in [3.8, 4) is 5.75 Å². The van der Waals surface area contributed by atoms with Crippen LogP contribution < -0.4 is 4.74 Å². The summed E-state index contributed by atoms with van der Waals surface area (Å²) in [4.78, 5) is 0. The van der Waals surface area contributed by atoms with Crippen molar-refractivity contribution >= 4 is 11.6 Å². The molecular weight excluding hydrogens is 432 g/mol. The molecule has 0 amide bonds. The van der Waals surface area contributed by atoms with Gasteiger partial charge in [-0.25, -0.2) is 0 Å². The quantitative estimate of drug-likeness (QED) is 0.545. The molecule has 174 valence electrons. The monoisotopic (exact) mass is 462 g/mol. The van der Waals surface area contributed by atoms with Gasteiger partial charge in [0.1, 0.15) is 42.4 Å². The Bertz CT molecular complexity index is 958. The van der Waals surface area contributed by atoms with Crippen molar-refractivity contribution in [1.29, 1.82) is 0 Å². The summed E-state index contributed by atoms with van der Waals surface area (Å²) in [6.07, 6.45) is -5.04. The van der Waals surface area contributed by atoms with E-state index in [0.29, 0.717) is 35.1 Å². The normalized spacial score (nSPS) is 29.8. The molecule has 0 spiro atoms. The molecule has 7 heteroatoms. The fourth-order valence-electron chi connectivity index (χ4n) is 4.59. The second kappa shape index (κ2) is 9.29. The maximum absolute atomic E-state index is 10.7. The first-order chi connectivity index (χ1) is 15.2. The highest BCUT2D eigenvalue weighted by Gasteiger charge is 2.45. The van der Waals surface area contributed by atoms with Crippen LogP contribution in [-0.2, 0) is 17.6 Å². The Balaban J connectivity index is 1.74. The van der Waals surface area contributed by atoms with E-state index >= 15 is 0 Å². The Hall–Kier alpha value is -1.67. The van der Waals surface area contributed by atoms with E-state index < -0.39 is 37.1 Å². The first-order valence-corrected chi connectivity index (χ1v) is 11.5. The van der Waals surface area contributed by atoms with Crippen molar-refractivity contribution in [3.63, 3.8) is 0 Å². The minimum absolute atomic E-state index is 0.0910. The summed E-state index contributed by atoms with van der Waals surface area (Å²) < 4.78 is 11.9. The number of ether oxygens (including phenoxy) is 2. The zero-order valence-electron chi connectivity index (χ0n) is 18.5. The molecule has 0 saturated carbocycles. The van der Waals surface area contributed by atoms with Crippen LogP contribution in [0.3, 0.4) is 0 Å². The molecule has 1 saturated heterocycles. The Morgan fingerprint density at radius 3 is 2.38 bits per heavy atom. The van der Waals surface area contributed by atoms with Gasteiger partial charge in [-0.2, -0.15) is 0 Å². The van der Waals surface area contributed by atoms with Gasteiger partial charge in [0, 0.05) is 12.0 Å². The summed E-state index contributed by atoms with van der Waals surface area (Å²) in [6.45, 7) is 5.77. The molecule has 6 nitrogen and oxygen atoms in total. The van der Waals surface area contributed by atoms with E-state index in [1.165, 1.54) is 5.56 Å². The summed E-state index contributed by atoms with van der Waals surface area (Å²) >= 11 is 6.75. The molecule has 2 heterocycles. The highest BCUT2D eigenvalue weighted by atomic mass is 35.5. The first-order valence-electron chi connectivity index (χ1n) is 11.1. The predicted molar refractivity (Wildman–Crippen MR) is 121 cm³/mol. The average Bonchev–Trinajstić information content (AvgIpc) is 3.17. The molecule has 1 unspecified atom stereocenters. The van der Waals surface area contributed by atoms with Crippen LogP contribution in [0.5, 0.6) is 5.75 Å². The van der Waals surface area contributed by atoms with Crippen molar-refractivity contribution in [2.75, 3.05) is 6.61 Å². The lowest BCUT2D eigenvalue weighted by molar-refractivity contribution is -0.231. The first kappa shape index (κ1) is 23.5. The van der Waals surface area contributed by atoms with Crippen LogP contribution in [0.25, 0.3) is 0 Å². The van der Waals surface area contributed by atoms with E-state index in [-0.39, 0.29) is 6.10 Å². The van der Waals surface area contributed by atoms with Gasteiger partial charge in [0.05, 0.1) is 11.6 Å². The molecule has 2 aliphatic rings. The second-order valence-electron chi connectivity index (χ2n) is 9.20. The van der Waals surface area contributed by atoms with Gasteiger partial charge < -0.3 is 29.9 Å². The maximum Gasteiger partial charge on any atom is 0.142 e. The number of aliphatic hydroxyl groups excluding tert-OH is 4. The Morgan fingerprint density at radius 1 is 1.06 bits per heavy atom. The molecule has 0 bridgehead atoms. The van der Waals surface area contributed by atoms with Crippen molar-refractivity contribution in [2.45, 2.75) is 76.2 Å². The van der Waals surface area contributed by atoms with Crippen LogP contribution >= 0.6 is 11.6 Å². The van der Waals surface area contributed by atoms with Gasteiger partial charge in [0.2, 0.25) is 0 Å². The average molecular weight is 463 g/mol.